The Balaban J connectivity index is 1.60. The van der Waals surface area contributed by atoms with Crippen molar-refractivity contribution in [3.63, 3.8) is 0 Å². The third-order valence-electron chi connectivity index (χ3n) is 3.06. The highest BCUT2D eigenvalue weighted by Crippen LogP contribution is 2.31. The van der Waals surface area contributed by atoms with Crippen molar-refractivity contribution in [1.29, 1.82) is 0 Å². The van der Waals surface area contributed by atoms with Crippen molar-refractivity contribution >= 4 is 57.1 Å². The average Bonchev–Trinajstić information content (AvgIpc) is 2.98. The molecule has 2 aromatic carbocycles. The van der Waals surface area contributed by atoms with E-state index in [0.29, 0.717) is 10.0 Å². The van der Waals surface area contributed by atoms with Gasteiger partial charge in [0, 0.05) is 11.4 Å². The predicted octanol–water partition coefficient (Wildman–Crippen LogP) is 6.19. The van der Waals surface area contributed by atoms with Crippen LogP contribution in [-0.4, -0.2) is 10.2 Å². The quantitative estimate of drug-likeness (QED) is 0.534. The van der Waals surface area contributed by atoms with Gasteiger partial charge in [0.25, 0.3) is 0 Å². The molecule has 0 spiro atoms. The third-order valence-corrected chi connectivity index (χ3v) is 5.84. The summed E-state index contributed by atoms with van der Waals surface area (Å²) >= 11 is 15.1. The monoisotopic (exact) mass is 381 g/mol. The molecule has 7 heteroatoms. The lowest BCUT2D eigenvalue weighted by Gasteiger charge is -2.02. The van der Waals surface area contributed by atoms with Crippen LogP contribution in [0.3, 0.4) is 0 Å². The molecule has 3 rings (SSSR count). The number of hydrogen-bond acceptors (Lipinski definition) is 5. The second-order valence-corrected chi connectivity index (χ2v) is 7.92. The Kier molecular flexibility index (Phi) is 5.43. The van der Waals surface area contributed by atoms with Crippen LogP contribution in [0.5, 0.6) is 0 Å². The van der Waals surface area contributed by atoms with E-state index in [-0.39, 0.29) is 0 Å². The maximum absolute atomic E-state index is 6.02. The van der Waals surface area contributed by atoms with Gasteiger partial charge in [-0.2, -0.15) is 0 Å². The molecule has 0 saturated heterocycles. The summed E-state index contributed by atoms with van der Waals surface area (Å²) in [7, 11) is 0. The molecule has 0 amide bonds. The van der Waals surface area contributed by atoms with E-state index in [1.807, 2.05) is 30.3 Å². The molecule has 0 saturated carbocycles. The van der Waals surface area contributed by atoms with E-state index in [4.69, 9.17) is 23.2 Å². The van der Waals surface area contributed by atoms with Crippen LogP contribution in [0.15, 0.2) is 46.8 Å². The molecule has 0 aliphatic rings. The summed E-state index contributed by atoms with van der Waals surface area (Å²) in [6.45, 7) is 2.06. The topological polar surface area (TPSA) is 37.8 Å². The van der Waals surface area contributed by atoms with Crippen molar-refractivity contribution in [3.05, 3.63) is 63.6 Å². The Morgan fingerprint density at radius 1 is 1.04 bits per heavy atom. The van der Waals surface area contributed by atoms with Crippen LogP contribution in [0.25, 0.3) is 0 Å². The van der Waals surface area contributed by atoms with E-state index < -0.39 is 0 Å². The highest BCUT2D eigenvalue weighted by molar-refractivity contribution is 8.00. The highest BCUT2D eigenvalue weighted by atomic mass is 35.5. The largest absolute Gasteiger partial charge is 0.330 e. The number of hydrogen-bond donors (Lipinski definition) is 1. The maximum atomic E-state index is 6.02. The van der Waals surface area contributed by atoms with Crippen LogP contribution in [-0.2, 0) is 5.75 Å². The van der Waals surface area contributed by atoms with Crippen molar-refractivity contribution < 1.29 is 0 Å². The molecule has 3 nitrogen and oxygen atoms in total. The molecule has 118 valence electrons. The number of aryl methyl sites for hydroxylation is 1. The summed E-state index contributed by atoms with van der Waals surface area (Å²) in [5.41, 5.74) is 3.34. The Morgan fingerprint density at radius 2 is 1.83 bits per heavy atom. The molecule has 1 N–H and O–H groups in total. The summed E-state index contributed by atoms with van der Waals surface area (Å²) in [6.07, 6.45) is 0. The first kappa shape index (κ1) is 16.6. The first-order valence-electron chi connectivity index (χ1n) is 6.84. The van der Waals surface area contributed by atoms with Crippen LogP contribution >= 0.6 is 46.3 Å². The van der Waals surface area contributed by atoms with Crippen LogP contribution in [0.1, 0.15) is 11.1 Å². The number of benzene rings is 2. The fourth-order valence-electron chi connectivity index (χ4n) is 1.85. The summed E-state index contributed by atoms with van der Waals surface area (Å²) in [4.78, 5) is 0. The standard InChI is InChI=1S/C16H13Cl2N3S2/c1-10-2-5-12(6-3-10)19-15-20-21-16(23-15)22-9-11-4-7-13(17)14(18)8-11/h2-8H,9H2,1H3,(H,19,20). The minimum atomic E-state index is 0.570. The number of rotatable bonds is 5. The second kappa shape index (κ2) is 7.53. The van der Waals surface area contributed by atoms with Gasteiger partial charge in [-0.05, 0) is 36.8 Å². The lowest BCUT2D eigenvalue weighted by Crippen LogP contribution is -1.88. The van der Waals surface area contributed by atoms with Crippen LogP contribution in [0.2, 0.25) is 10.0 Å². The van der Waals surface area contributed by atoms with Gasteiger partial charge in [-0.25, -0.2) is 0 Å². The normalized spacial score (nSPS) is 10.7. The Morgan fingerprint density at radius 3 is 2.57 bits per heavy atom. The van der Waals surface area contributed by atoms with Crippen molar-refractivity contribution in [1.82, 2.24) is 10.2 Å². The number of nitrogens with one attached hydrogen (secondary N) is 1. The molecule has 0 fully saturated rings. The summed E-state index contributed by atoms with van der Waals surface area (Å²) in [5.74, 6) is 0.774. The van der Waals surface area contributed by atoms with E-state index in [0.717, 1.165) is 26.5 Å². The van der Waals surface area contributed by atoms with Gasteiger partial charge < -0.3 is 5.32 Å². The van der Waals surface area contributed by atoms with E-state index in [1.165, 1.54) is 16.9 Å². The zero-order chi connectivity index (χ0) is 16.2. The molecule has 0 aliphatic carbocycles. The van der Waals surface area contributed by atoms with Crippen molar-refractivity contribution in [2.75, 3.05) is 5.32 Å². The van der Waals surface area contributed by atoms with Crippen molar-refractivity contribution in [2.24, 2.45) is 0 Å². The maximum Gasteiger partial charge on any atom is 0.210 e. The van der Waals surface area contributed by atoms with E-state index in [1.54, 1.807) is 11.8 Å². The van der Waals surface area contributed by atoms with Gasteiger partial charge in [0.1, 0.15) is 0 Å². The molecule has 23 heavy (non-hydrogen) atoms. The first-order chi connectivity index (χ1) is 11.1. The lowest BCUT2D eigenvalue weighted by atomic mass is 10.2. The SMILES string of the molecule is Cc1ccc(Nc2nnc(SCc3ccc(Cl)c(Cl)c3)s2)cc1. The number of thioether (sulfide) groups is 1. The summed E-state index contributed by atoms with van der Waals surface area (Å²) in [6, 6.07) is 13.8. The van der Waals surface area contributed by atoms with Gasteiger partial charge in [0.2, 0.25) is 5.13 Å². The molecule has 0 atom stereocenters. The molecular formula is C16H13Cl2N3S2. The van der Waals surface area contributed by atoms with E-state index >= 15 is 0 Å². The second-order valence-electron chi connectivity index (χ2n) is 4.90. The highest BCUT2D eigenvalue weighted by Gasteiger charge is 2.07. The minimum absolute atomic E-state index is 0.570. The van der Waals surface area contributed by atoms with Gasteiger partial charge in [0.05, 0.1) is 10.0 Å². The molecule has 0 aliphatic heterocycles. The Hall–Kier alpha value is -1.27. The number of halogens is 2. The molecule has 3 aromatic rings. The first-order valence-corrected chi connectivity index (χ1v) is 9.40. The summed E-state index contributed by atoms with van der Waals surface area (Å²) in [5, 5.41) is 13.5. The molecule has 0 unspecified atom stereocenters. The van der Waals surface area contributed by atoms with Gasteiger partial charge in [-0.15, -0.1) is 10.2 Å². The van der Waals surface area contributed by atoms with E-state index in [9.17, 15) is 0 Å². The van der Waals surface area contributed by atoms with Crippen LogP contribution < -0.4 is 5.32 Å². The van der Waals surface area contributed by atoms with Crippen LogP contribution in [0.4, 0.5) is 10.8 Å². The fourth-order valence-corrected chi connectivity index (χ4v) is 3.89. The number of anilines is 2. The molecular weight excluding hydrogens is 369 g/mol. The van der Waals surface area contributed by atoms with E-state index in [2.05, 4.69) is 34.6 Å². The fraction of sp³-hybridized carbons (Fsp3) is 0.125. The lowest BCUT2D eigenvalue weighted by molar-refractivity contribution is 1.01. The van der Waals surface area contributed by atoms with Gasteiger partial charge in [-0.1, -0.05) is 70.1 Å². The predicted molar refractivity (Wildman–Crippen MR) is 100 cm³/mol. The van der Waals surface area contributed by atoms with Crippen molar-refractivity contribution in [2.45, 2.75) is 17.0 Å². The van der Waals surface area contributed by atoms with Gasteiger partial charge in [0.15, 0.2) is 4.34 Å². The van der Waals surface area contributed by atoms with Gasteiger partial charge >= 0.3 is 0 Å². The average molecular weight is 382 g/mol. The smallest absolute Gasteiger partial charge is 0.210 e. The molecule has 0 radical (unpaired) electrons. The Labute approximate surface area is 153 Å². The zero-order valence-electron chi connectivity index (χ0n) is 12.2. The van der Waals surface area contributed by atoms with Crippen molar-refractivity contribution in [3.8, 4) is 0 Å². The molecule has 1 aromatic heterocycles. The number of nitrogens with zero attached hydrogens (tertiary/aromatic N) is 2. The Bertz CT molecular complexity index is 803. The minimum Gasteiger partial charge on any atom is -0.330 e. The zero-order valence-corrected chi connectivity index (χ0v) is 15.4. The van der Waals surface area contributed by atoms with Crippen LogP contribution in [0, 0.1) is 6.92 Å². The number of aromatic nitrogens is 2. The summed E-state index contributed by atoms with van der Waals surface area (Å²) < 4.78 is 0.908. The third kappa shape index (κ3) is 4.61. The molecule has 1 heterocycles. The van der Waals surface area contributed by atoms with Gasteiger partial charge in [-0.3, -0.25) is 0 Å². The molecule has 0 bridgehead atoms.